The van der Waals surface area contributed by atoms with Crippen LogP contribution in [0.1, 0.15) is 29.0 Å². The molecule has 1 aromatic heterocycles. The summed E-state index contributed by atoms with van der Waals surface area (Å²) in [6.07, 6.45) is 0. The maximum Gasteiger partial charge on any atom is 0.124 e. The van der Waals surface area contributed by atoms with Crippen molar-refractivity contribution in [2.24, 2.45) is 0 Å². The SMILES string of the molecule is CCNC(c1csc(C)c1)c1cc(OC)ccc1OC. The second-order valence-corrected chi connectivity index (χ2v) is 5.70. The fourth-order valence-electron chi connectivity index (χ4n) is 2.29. The summed E-state index contributed by atoms with van der Waals surface area (Å²) in [7, 11) is 3.38. The monoisotopic (exact) mass is 291 g/mol. The summed E-state index contributed by atoms with van der Waals surface area (Å²) in [6.45, 7) is 5.12. The predicted molar refractivity (Wildman–Crippen MR) is 84.1 cm³/mol. The van der Waals surface area contributed by atoms with Gasteiger partial charge < -0.3 is 14.8 Å². The van der Waals surface area contributed by atoms with Gasteiger partial charge in [-0.2, -0.15) is 0 Å². The van der Waals surface area contributed by atoms with Crippen molar-refractivity contribution in [3.8, 4) is 11.5 Å². The van der Waals surface area contributed by atoms with Gasteiger partial charge in [0.2, 0.25) is 0 Å². The van der Waals surface area contributed by atoms with Gasteiger partial charge >= 0.3 is 0 Å². The van der Waals surface area contributed by atoms with E-state index in [0.717, 1.165) is 23.6 Å². The first kappa shape index (κ1) is 14.9. The maximum atomic E-state index is 5.51. The van der Waals surface area contributed by atoms with Gasteiger partial charge in [-0.05, 0) is 48.7 Å². The van der Waals surface area contributed by atoms with Crippen LogP contribution in [0, 0.1) is 6.92 Å². The highest BCUT2D eigenvalue weighted by atomic mass is 32.1. The lowest BCUT2D eigenvalue weighted by Gasteiger charge is -2.20. The van der Waals surface area contributed by atoms with Crippen LogP contribution >= 0.6 is 11.3 Å². The van der Waals surface area contributed by atoms with E-state index in [2.05, 4.69) is 30.6 Å². The van der Waals surface area contributed by atoms with Crippen LogP contribution in [-0.4, -0.2) is 20.8 Å². The average molecular weight is 291 g/mol. The van der Waals surface area contributed by atoms with Crippen LogP contribution in [0.2, 0.25) is 0 Å². The van der Waals surface area contributed by atoms with Crippen LogP contribution < -0.4 is 14.8 Å². The Hall–Kier alpha value is -1.52. The third kappa shape index (κ3) is 3.14. The van der Waals surface area contributed by atoms with E-state index in [4.69, 9.17) is 9.47 Å². The maximum absolute atomic E-state index is 5.51. The first-order chi connectivity index (χ1) is 9.69. The molecule has 1 atom stereocenters. The lowest BCUT2D eigenvalue weighted by Crippen LogP contribution is -2.22. The van der Waals surface area contributed by atoms with Gasteiger partial charge in [-0.25, -0.2) is 0 Å². The Bertz CT molecular complexity index is 565. The van der Waals surface area contributed by atoms with Gasteiger partial charge in [-0.15, -0.1) is 11.3 Å². The Balaban J connectivity index is 2.47. The molecule has 20 heavy (non-hydrogen) atoms. The van der Waals surface area contributed by atoms with Gasteiger partial charge in [0, 0.05) is 10.4 Å². The van der Waals surface area contributed by atoms with Crippen LogP contribution in [0.15, 0.2) is 29.6 Å². The van der Waals surface area contributed by atoms with Gasteiger partial charge in [0.05, 0.1) is 20.3 Å². The van der Waals surface area contributed by atoms with E-state index in [1.54, 1.807) is 25.6 Å². The highest BCUT2D eigenvalue weighted by Gasteiger charge is 2.19. The molecule has 0 spiro atoms. The van der Waals surface area contributed by atoms with Crippen molar-refractivity contribution in [2.45, 2.75) is 19.9 Å². The molecule has 0 saturated heterocycles. The van der Waals surface area contributed by atoms with Crippen molar-refractivity contribution < 1.29 is 9.47 Å². The largest absolute Gasteiger partial charge is 0.497 e. The van der Waals surface area contributed by atoms with E-state index in [-0.39, 0.29) is 6.04 Å². The van der Waals surface area contributed by atoms with Crippen molar-refractivity contribution in [2.75, 3.05) is 20.8 Å². The van der Waals surface area contributed by atoms with Gasteiger partial charge in [0.15, 0.2) is 0 Å². The normalized spacial score (nSPS) is 12.2. The van der Waals surface area contributed by atoms with E-state index >= 15 is 0 Å². The summed E-state index contributed by atoms with van der Waals surface area (Å²) < 4.78 is 10.9. The molecule has 1 N–H and O–H groups in total. The highest BCUT2D eigenvalue weighted by Crippen LogP contribution is 2.34. The molecule has 1 aromatic carbocycles. The number of nitrogens with one attached hydrogen (secondary N) is 1. The smallest absolute Gasteiger partial charge is 0.124 e. The summed E-state index contributed by atoms with van der Waals surface area (Å²) in [5, 5.41) is 5.72. The number of benzene rings is 1. The third-order valence-electron chi connectivity index (χ3n) is 3.24. The summed E-state index contributed by atoms with van der Waals surface area (Å²) in [5.41, 5.74) is 2.37. The minimum atomic E-state index is 0.120. The molecule has 0 bridgehead atoms. The van der Waals surface area contributed by atoms with E-state index in [0.29, 0.717) is 0 Å². The first-order valence-electron chi connectivity index (χ1n) is 6.70. The zero-order chi connectivity index (χ0) is 14.5. The number of rotatable bonds is 6. The number of hydrogen-bond donors (Lipinski definition) is 1. The van der Waals surface area contributed by atoms with Gasteiger partial charge in [0.25, 0.3) is 0 Å². The van der Waals surface area contributed by atoms with Crippen LogP contribution in [0.25, 0.3) is 0 Å². The molecule has 0 aliphatic carbocycles. The Morgan fingerprint density at radius 3 is 2.55 bits per heavy atom. The van der Waals surface area contributed by atoms with Gasteiger partial charge in [0.1, 0.15) is 11.5 Å². The molecular formula is C16H21NO2S. The zero-order valence-electron chi connectivity index (χ0n) is 12.4. The van der Waals surface area contributed by atoms with Gasteiger partial charge in [-0.1, -0.05) is 6.92 Å². The van der Waals surface area contributed by atoms with E-state index in [1.807, 2.05) is 18.2 Å². The Labute approximate surface area is 124 Å². The van der Waals surface area contributed by atoms with Crippen molar-refractivity contribution in [1.29, 1.82) is 0 Å². The Morgan fingerprint density at radius 2 is 2.00 bits per heavy atom. The molecule has 0 radical (unpaired) electrons. The molecule has 0 saturated carbocycles. The minimum Gasteiger partial charge on any atom is -0.497 e. The molecule has 4 heteroatoms. The van der Waals surface area contributed by atoms with E-state index in [9.17, 15) is 0 Å². The number of aryl methyl sites for hydroxylation is 1. The molecule has 3 nitrogen and oxygen atoms in total. The topological polar surface area (TPSA) is 30.5 Å². The van der Waals surface area contributed by atoms with Crippen molar-refractivity contribution in [1.82, 2.24) is 5.32 Å². The molecule has 0 aliphatic rings. The summed E-state index contributed by atoms with van der Waals surface area (Å²) in [6, 6.07) is 8.26. The highest BCUT2D eigenvalue weighted by molar-refractivity contribution is 7.10. The second-order valence-electron chi connectivity index (χ2n) is 4.59. The van der Waals surface area contributed by atoms with Crippen molar-refractivity contribution in [3.05, 3.63) is 45.6 Å². The quantitative estimate of drug-likeness (QED) is 0.878. The van der Waals surface area contributed by atoms with Gasteiger partial charge in [-0.3, -0.25) is 0 Å². The third-order valence-corrected chi connectivity index (χ3v) is 4.12. The number of thiophene rings is 1. The second kappa shape index (κ2) is 6.77. The lowest BCUT2D eigenvalue weighted by molar-refractivity contribution is 0.394. The molecule has 1 heterocycles. The molecule has 2 aromatic rings. The Morgan fingerprint density at radius 1 is 1.20 bits per heavy atom. The fraction of sp³-hybridized carbons (Fsp3) is 0.375. The van der Waals surface area contributed by atoms with Crippen LogP contribution in [0.5, 0.6) is 11.5 Å². The summed E-state index contributed by atoms with van der Waals surface area (Å²) in [4.78, 5) is 1.31. The van der Waals surface area contributed by atoms with Crippen LogP contribution in [0.4, 0.5) is 0 Å². The Kier molecular flexibility index (Phi) is 5.04. The molecule has 0 fully saturated rings. The predicted octanol–water partition coefficient (Wildman–Crippen LogP) is 3.77. The number of methoxy groups -OCH3 is 2. The van der Waals surface area contributed by atoms with Crippen LogP contribution in [-0.2, 0) is 0 Å². The zero-order valence-corrected chi connectivity index (χ0v) is 13.2. The molecular weight excluding hydrogens is 270 g/mol. The lowest BCUT2D eigenvalue weighted by atomic mass is 9.99. The van der Waals surface area contributed by atoms with Crippen molar-refractivity contribution in [3.63, 3.8) is 0 Å². The first-order valence-corrected chi connectivity index (χ1v) is 7.57. The average Bonchev–Trinajstić information content (AvgIpc) is 2.90. The molecule has 2 rings (SSSR count). The van der Waals surface area contributed by atoms with Crippen molar-refractivity contribution >= 4 is 11.3 Å². The van der Waals surface area contributed by atoms with Crippen LogP contribution in [0.3, 0.4) is 0 Å². The standard InChI is InChI=1S/C16H21NO2S/c1-5-17-16(12-8-11(2)20-10-12)14-9-13(18-3)6-7-15(14)19-4/h6-10,16-17H,5H2,1-4H3. The van der Waals surface area contributed by atoms with E-state index in [1.165, 1.54) is 10.4 Å². The molecule has 0 aliphatic heterocycles. The fourth-order valence-corrected chi connectivity index (χ4v) is 3.02. The minimum absolute atomic E-state index is 0.120. The summed E-state index contributed by atoms with van der Waals surface area (Å²) in [5.74, 6) is 1.72. The molecule has 1 unspecified atom stereocenters. The summed E-state index contributed by atoms with van der Waals surface area (Å²) >= 11 is 1.76. The molecule has 108 valence electrons. The van der Waals surface area contributed by atoms with E-state index < -0.39 is 0 Å². The number of hydrogen-bond acceptors (Lipinski definition) is 4. The number of ether oxygens (including phenoxy) is 2. The molecule has 0 amide bonds.